The molecule has 124 valence electrons. The number of rotatable bonds is 4. The molecule has 1 saturated heterocycles. The fraction of sp³-hybridized carbons (Fsp3) is 0.409. The van der Waals surface area contributed by atoms with Crippen LogP contribution in [-0.2, 0) is 14.9 Å². The van der Waals surface area contributed by atoms with Crippen LogP contribution in [0.1, 0.15) is 42.7 Å². The van der Waals surface area contributed by atoms with Crippen LogP contribution in [0.2, 0.25) is 0 Å². The lowest BCUT2D eigenvalue weighted by atomic mass is 9.68. The third-order valence-corrected chi connectivity index (χ3v) is 6.04. The van der Waals surface area contributed by atoms with E-state index in [4.69, 9.17) is 4.74 Å². The molecule has 1 heterocycles. The summed E-state index contributed by atoms with van der Waals surface area (Å²) in [6.45, 7) is 0.646. The summed E-state index contributed by atoms with van der Waals surface area (Å²) in [6, 6.07) is 21.1. The average molecular weight is 320 g/mol. The fourth-order valence-corrected chi connectivity index (χ4v) is 4.87. The van der Waals surface area contributed by atoms with Gasteiger partial charge in [-0.15, -0.1) is 0 Å². The molecule has 2 aromatic carbocycles. The predicted octanol–water partition coefficient (Wildman–Crippen LogP) is 4.50. The number of benzene rings is 2. The summed E-state index contributed by atoms with van der Waals surface area (Å²) in [5.41, 5.74) is 2.56. The van der Waals surface area contributed by atoms with Crippen LogP contribution in [0.5, 0.6) is 0 Å². The van der Waals surface area contributed by atoms with Crippen LogP contribution in [-0.4, -0.2) is 19.0 Å². The van der Waals surface area contributed by atoms with Crippen LogP contribution in [0.25, 0.3) is 0 Å². The van der Waals surface area contributed by atoms with Crippen molar-refractivity contribution in [1.82, 2.24) is 0 Å². The minimum atomic E-state index is -0.0642. The first-order valence-electron chi connectivity index (χ1n) is 9.02. The Morgan fingerprint density at radius 2 is 1.54 bits per heavy atom. The highest BCUT2D eigenvalue weighted by molar-refractivity contribution is 5.59. The second kappa shape index (κ2) is 6.52. The first kappa shape index (κ1) is 15.6. The molecule has 0 aromatic heterocycles. The molecule has 0 radical (unpaired) electrons. The van der Waals surface area contributed by atoms with E-state index in [-0.39, 0.29) is 23.4 Å². The lowest BCUT2D eigenvalue weighted by molar-refractivity contribution is -0.114. The van der Waals surface area contributed by atoms with E-state index in [1.165, 1.54) is 24.0 Å². The van der Waals surface area contributed by atoms with Gasteiger partial charge in [-0.1, -0.05) is 73.5 Å². The molecule has 0 bridgehead atoms. The first-order valence-corrected chi connectivity index (χ1v) is 9.02. The Balaban J connectivity index is 1.71. The molecule has 24 heavy (non-hydrogen) atoms. The van der Waals surface area contributed by atoms with Crippen LogP contribution >= 0.6 is 0 Å². The van der Waals surface area contributed by atoms with Crippen molar-refractivity contribution >= 4 is 6.29 Å². The van der Waals surface area contributed by atoms with Gasteiger partial charge in [-0.2, -0.15) is 0 Å². The van der Waals surface area contributed by atoms with Gasteiger partial charge in [-0.3, -0.25) is 0 Å². The second-order valence-electron chi connectivity index (χ2n) is 7.21. The molecule has 1 aliphatic carbocycles. The Morgan fingerprint density at radius 3 is 2.17 bits per heavy atom. The number of carbonyl (C=O) groups excluding carboxylic acids is 1. The van der Waals surface area contributed by atoms with Crippen molar-refractivity contribution in [1.29, 1.82) is 0 Å². The van der Waals surface area contributed by atoms with Crippen LogP contribution in [0.15, 0.2) is 60.7 Å². The Bertz CT molecular complexity index is 674. The molecule has 4 rings (SSSR count). The highest BCUT2D eigenvalue weighted by Gasteiger charge is 2.52. The lowest BCUT2D eigenvalue weighted by Gasteiger charge is -2.37. The topological polar surface area (TPSA) is 26.3 Å². The van der Waals surface area contributed by atoms with Gasteiger partial charge < -0.3 is 9.53 Å². The van der Waals surface area contributed by atoms with Gasteiger partial charge in [0.15, 0.2) is 0 Å². The van der Waals surface area contributed by atoms with Gasteiger partial charge in [0.25, 0.3) is 0 Å². The Kier molecular flexibility index (Phi) is 4.24. The van der Waals surface area contributed by atoms with Crippen LogP contribution < -0.4 is 0 Å². The molecule has 0 amide bonds. The van der Waals surface area contributed by atoms with Crippen molar-refractivity contribution in [3.63, 3.8) is 0 Å². The lowest BCUT2D eigenvalue weighted by Crippen LogP contribution is -2.42. The maximum atomic E-state index is 12.1. The highest BCUT2D eigenvalue weighted by Crippen LogP contribution is 2.51. The third kappa shape index (κ3) is 2.50. The SMILES string of the molecule is O=C[C@H]1[C@@H](c2ccccc2)CO[C@@H]1C1(c2ccccc2)CCCC1. The maximum absolute atomic E-state index is 12.1. The summed E-state index contributed by atoms with van der Waals surface area (Å²) in [6.07, 6.45) is 5.82. The average Bonchev–Trinajstić information content (AvgIpc) is 3.30. The quantitative estimate of drug-likeness (QED) is 0.776. The number of hydrogen-bond donors (Lipinski definition) is 0. The smallest absolute Gasteiger partial charge is 0.126 e. The molecular formula is C22H24O2. The molecule has 0 spiro atoms. The summed E-state index contributed by atoms with van der Waals surface area (Å²) in [5.74, 6) is 0.112. The van der Waals surface area contributed by atoms with Gasteiger partial charge >= 0.3 is 0 Å². The molecule has 2 nitrogen and oxygen atoms in total. The van der Waals surface area contributed by atoms with Gasteiger partial charge in [0.2, 0.25) is 0 Å². The number of aldehydes is 1. The Morgan fingerprint density at radius 1 is 0.917 bits per heavy atom. The molecule has 2 aliphatic rings. The molecule has 0 unspecified atom stereocenters. The minimum absolute atomic E-state index is 0.00360. The minimum Gasteiger partial charge on any atom is -0.376 e. The van der Waals surface area contributed by atoms with Crippen molar-refractivity contribution in [2.24, 2.45) is 5.92 Å². The van der Waals surface area contributed by atoms with E-state index in [0.29, 0.717) is 6.61 Å². The molecule has 1 saturated carbocycles. The zero-order valence-corrected chi connectivity index (χ0v) is 13.9. The van der Waals surface area contributed by atoms with Crippen molar-refractivity contribution in [2.45, 2.75) is 43.1 Å². The van der Waals surface area contributed by atoms with Gasteiger partial charge in [0.1, 0.15) is 6.29 Å². The van der Waals surface area contributed by atoms with E-state index in [0.717, 1.165) is 19.1 Å². The maximum Gasteiger partial charge on any atom is 0.126 e. The van der Waals surface area contributed by atoms with Crippen LogP contribution in [0.3, 0.4) is 0 Å². The van der Waals surface area contributed by atoms with Crippen molar-refractivity contribution in [2.75, 3.05) is 6.61 Å². The van der Waals surface area contributed by atoms with Crippen LogP contribution in [0.4, 0.5) is 0 Å². The van der Waals surface area contributed by atoms with Gasteiger partial charge in [-0.05, 0) is 24.0 Å². The highest BCUT2D eigenvalue weighted by atomic mass is 16.5. The number of carbonyl (C=O) groups is 1. The normalized spacial score (nSPS) is 28.8. The molecule has 3 atom stereocenters. The standard InChI is InChI=1S/C22H24O2/c23-15-19-20(17-9-3-1-4-10-17)16-24-21(19)22(13-7-8-14-22)18-11-5-2-6-12-18/h1-6,9-12,15,19-21H,7-8,13-14,16H2/t19-,20+,21-/m0/s1. The fourth-order valence-electron chi connectivity index (χ4n) is 4.87. The third-order valence-electron chi connectivity index (χ3n) is 6.04. The Labute approximate surface area is 143 Å². The number of ether oxygens (including phenoxy) is 1. The molecule has 0 N–H and O–H groups in total. The van der Waals surface area contributed by atoms with E-state index < -0.39 is 0 Å². The molecule has 2 fully saturated rings. The zero-order chi connectivity index (χ0) is 16.4. The summed E-state index contributed by atoms with van der Waals surface area (Å²) < 4.78 is 6.33. The van der Waals surface area contributed by atoms with E-state index in [2.05, 4.69) is 42.5 Å². The van der Waals surface area contributed by atoms with Gasteiger partial charge in [0, 0.05) is 11.3 Å². The summed E-state index contributed by atoms with van der Waals surface area (Å²) >= 11 is 0. The Hall–Kier alpha value is -1.93. The molecular weight excluding hydrogens is 296 g/mol. The van der Waals surface area contributed by atoms with Crippen molar-refractivity contribution in [3.05, 3.63) is 71.8 Å². The van der Waals surface area contributed by atoms with Crippen LogP contribution in [0, 0.1) is 5.92 Å². The van der Waals surface area contributed by atoms with E-state index >= 15 is 0 Å². The second-order valence-corrected chi connectivity index (χ2v) is 7.21. The van der Waals surface area contributed by atoms with Crippen molar-refractivity contribution < 1.29 is 9.53 Å². The van der Waals surface area contributed by atoms with Gasteiger partial charge in [0.05, 0.1) is 18.6 Å². The monoisotopic (exact) mass is 320 g/mol. The largest absolute Gasteiger partial charge is 0.376 e. The van der Waals surface area contributed by atoms with E-state index in [1.807, 2.05) is 18.2 Å². The number of hydrogen-bond acceptors (Lipinski definition) is 2. The zero-order valence-electron chi connectivity index (χ0n) is 13.9. The van der Waals surface area contributed by atoms with E-state index in [1.54, 1.807) is 0 Å². The van der Waals surface area contributed by atoms with Gasteiger partial charge in [-0.25, -0.2) is 0 Å². The summed E-state index contributed by atoms with van der Waals surface area (Å²) in [4.78, 5) is 12.1. The molecule has 2 aromatic rings. The summed E-state index contributed by atoms with van der Waals surface area (Å²) in [7, 11) is 0. The summed E-state index contributed by atoms with van der Waals surface area (Å²) in [5, 5.41) is 0. The predicted molar refractivity (Wildman–Crippen MR) is 95.1 cm³/mol. The van der Waals surface area contributed by atoms with Crippen molar-refractivity contribution in [3.8, 4) is 0 Å². The molecule has 2 heteroatoms. The van der Waals surface area contributed by atoms with E-state index in [9.17, 15) is 4.79 Å². The first-order chi connectivity index (χ1) is 11.8. The molecule has 1 aliphatic heterocycles.